The third-order valence-corrected chi connectivity index (χ3v) is 6.00. The highest BCUT2D eigenvalue weighted by Gasteiger charge is 2.60. The van der Waals surface area contributed by atoms with Gasteiger partial charge in [0.05, 0.1) is 6.42 Å². The van der Waals surface area contributed by atoms with Crippen LogP contribution in [0.3, 0.4) is 0 Å². The predicted octanol–water partition coefficient (Wildman–Crippen LogP) is 2.38. The van der Waals surface area contributed by atoms with Crippen LogP contribution in [0, 0.1) is 0 Å². The molecule has 1 heterocycles. The van der Waals surface area contributed by atoms with Crippen LogP contribution in [0.5, 0.6) is 0 Å². The summed E-state index contributed by atoms with van der Waals surface area (Å²) in [5, 5.41) is 0. The topological polar surface area (TPSA) is 43.1 Å². The molecule has 0 atom stereocenters. The molecule has 0 aromatic heterocycles. The fourth-order valence-electron chi connectivity index (χ4n) is 2.19. The van der Waals surface area contributed by atoms with Crippen molar-refractivity contribution in [2.45, 2.75) is 40.5 Å². The van der Waals surface area contributed by atoms with Crippen molar-refractivity contribution in [3.05, 3.63) is 12.3 Å². The molecule has 0 saturated carbocycles. The Hall–Kier alpha value is -0.823. The van der Waals surface area contributed by atoms with E-state index in [1.54, 1.807) is 0 Å². The van der Waals surface area contributed by atoms with Crippen molar-refractivity contribution in [1.29, 1.82) is 0 Å². The quantitative estimate of drug-likeness (QED) is 0.614. The summed E-state index contributed by atoms with van der Waals surface area (Å²) in [6.07, 6.45) is 7.54. The van der Waals surface area contributed by atoms with Crippen LogP contribution in [0.4, 0.5) is 0 Å². The monoisotopic (exact) mass is 299 g/mol. The first-order chi connectivity index (χ1) is 9.74. The van der Waals surface area contributed by atoms with Crippen LogP contribution in [-0.4, -0.2) is 51.5 Å². The average molecular weight is 299 g/mol. The third-order valence-electron chi connectivity index (χ3n) is 2.86. The Morgan fingerprint density at radius 1 is 1.10 bits per heavy atom. The number of hydrogen-bond acceptors (Lipinski definition) is 4. The molecule has 6 heteroatoms. The van der Waals surface area contributed by atoms with E-state index >= 15 is 0 Å². The smallest absolute Gasteiger partial charge is 0.318 e. The zero-order valence-electron chi connectivity index (χ0n) is 13.1. The molecule has 0 aromatic carbocycles. The van der Waals surface area contributed by atoms with Crippen LogP contribution in [0.2, 0.25) is 0 Å². The van der Waals surface area contributed by atoms with Gasteiger partial charge in [-0.15, -0.1) is 0 Å². The third kappa shape index (κ3) is 4.34. The fraction of sp³-hybridized carbons (Fsp3) is 0.714. The highest BCUT2D eigenvalue weighted by Crippen LogP contribution is 2.15. The SMILES string of the molecule is CCC[N+](=C1C=CN=CC1)[Si](OCC)(OCC)OCC. The summed E-state index contributed by atoms with van der Waals surface area (Å²) >= 11 is 0. The van der Waals surface area contributed by atoms with Crippen molar-refractivity contribution < 1.29 is 17.5 Å². The fourth-order valence-corrected chi connectivity index (χ4v) is 5.02. The van der Waals surface area contributed by atoms with Crippen molar-refractivity contribution in [1.82, 2.24) is 0 Å². The van der Waals surface area contributed by atoms with Gasteiger partial charge in [0.15, 0.2) is 5.71 Å². The predicted molar refractivity (Wildman–Crippen MR) is 83.3 cm³/mol. The number of nitrogens with zero attached hydrogens (tertiary/aromatic N) is 2. The van der Waals surface area contributed by atoms with E-state index in [1.165, 1.54) is 0 Å². The Kier molecular flexibility index (Phi) is 7.90. The van der Waals surface area contributed by atoms with Crippen LogP contribution in [-0.2, 0) is 13.3 Å². The first-order valence-corrected chi connectivity index (χ1v) is 9.14. The molecule has 20 heavy (non-hydrogen) atoms. The molecule has 0 saturated heterocycles. The van der Waals surface area contributed by atoms with Gasteiger partial charge in [0, 0.05) is 44.7 Å². The standard InChI is InChI=1S/C14H27N2O3Si/c1-5-13-16(14-9-11-15-12-10-14)20(17-6-2,18-7-3)19-8-4/h9,11-12H,5-8,10,13H2,1-4H3/q+1. The second kappa shape index (κ2) is 9.18. The lowest BCUT2D eigenvalue weighted by Gasteiger charge is -2.24. The van der Waals surface area contributed by atoms with Gasteiger partial charge in [0.2, 0.25) is 0 Å². The largest absolute Gasteiger partial charge is 0.866 e. The van der Waals surface area contributed by atoms with Gasteiger partial charge < -0.3 is 13.3 Å². The van der Waals surface area contributed by atoms with Gasteiger partial charge in [-0.25, -0.2) is 4.24 Å². The van der Waals surface area contributed by atoms with E-state index in [2.05, 4.69) is 16.2 Å². The summed E-state index contributed by atoms with van der Waals surface area (Å²) in [6, 6.07) is 0. The van der Waals surface area contributed by atoms with E-state index in [1.807, 2.05) is 39.3 Å². The van der Waals surface area contributed by atoms with Crippen molar-refractivity contribution in [3.8, 4) is 0 Å². The van der Waals surface area contributed by atoms with E-state index in [9.17, 15) is 0 Å². The van der Waals surface area contributed by atoms with Crippen LogP contribution < -0.4 is 0 Å². The molecular formula is C14H27N2O3Si+. The van der Waals surface area contributed by atoms with E-state index in [0.29, 0.717) is 19.8 Å². The molecule has 1 rings (SSSR count). The van der Waals surface area contributed by atoms with Gasteiger partial charge in [0.25, 0.3) is 0 Å². The summed E-state index contributed by atoms with van der Waals surface area (Å²) in [7, 11) is -2.85. The van der Waals surface area contributed by atoms with E-state index in [-0.39, 0.29) is 0 Å². The number of rotatable bonds is 9. The maximum Gasteiger partial charge on any atom is 0.866 e. The molecule has 0 N–H and O–H groups in total. The molecular weight excluding hydrogens is 272 g/mol. The summed E-state index contributed by atoms with van der Waals surface area (Å²) < 4.78 is 20.2. The highest BCUT2D eigenvalue weighted by molar-refractivity contribution is 6.52. The number of hydrogen-bond donors (Lipinski definition) is 0. The molecule has 0 radical (unpaired) electrons. The lowest BCUT2D eigenvalue weighted by atomic mass is 10.2. The number of allylic oxidation sites excluding steroid dienone is 1. The van der Waals surface area contributed by atoms with Gasteiger partial charge in [-0.2, -0.15) is 0 Å². The Bertz CT molecular complexity index is 364. The minimum atomic E-state index is -2.85. The zero-order chi connectivity index (χ0) is 14.8. The molecule has 0 aromatic rings. The van der Waals surface area contributed by atoms with Crippen molar-refractivity contribution in [2.24, 2.45) is 4.99 Å². The maximum absolute atomic E-state index is 6.00. The van der Waals surface area contributed by atoms with Crippen molar-refractivity contribution in [2.75, 3.05) is 26.4 Å². The second-order valence-electron chi connectivity index (χ2n) is 4.32. The molecule has 0 amide bonds. The molecule has 0 bridgehead atoms. The highest BCUT2D eigenvalue weighted by atomic mass is 28.4. The Morgan fingerprint density at radius 3 is 2.10 bits per heavy atom. The molecule has 0 unspecified atom stereocenters. The molecule has 0 aliphatic carbocycles. The van der Waals surface area contributed by atoms with Crippen LogP contribution in [0.25, 0.3) is 0 Å². The zero-order valence-corrected chi connectivity index (χ0v) is 14.1. The van der Waals surface area contributed by atoms with Crippen LogP contribution in [0.1, 0.15) is 40.5 Å². The maximum atomic E-state index is 6.00. The van der Waals surface area contributed by atoms with Gasteiger partial charge in [-0.05, 0) is 20.8 Å². The number of aliphatic imine (C=N–C) groups is 1. The van der Waals surface area contributed by atoms with E-state index in [4.69, 9.17) is 13.3 Å². The summed E-state index contributed by atoms with van der Waals surface area (Å²) in [6.45, 7) is 10.7. The van der Waals surface area contributed by atoms with Crippen LogP contribution in [0.15, 0.2) is 17.3 Å². The molecule has 0 spiro atoms. The summed E-state index contributed by atoms with van der Waals surface area (Å²) in [5.74, 6) is 0. The lowest BCUT2D eigenvalue weighted by molar-refractivity contribution is -0.463. The lowest BCUT2D eigenvalue weighted by Crippen LogP contribution is -2.58. The first-order valence-electron chi connectivity index (χ1n) is 7.47. The molecule has 114 valence electrons. The minimum Gasteiger partial charge on any atom is -0.318 e. The summed E-state index contributed by atoms with van der Waals surface area (Å²) in [4.78, 5) is 4.13. The first kappa shape index (κ1) is 17.2. The average Bonchev–Trinajstić information content (AvgIpc) is 2.46. The van der Waals surface area contributed by atoms with Crippen molar-refractivity contribution in [3.63, 3.8) is 0 Å². The van der Waals surface area contributed by atoms with Gasteiger partial charge in [0.1, 0.15) is 6.54 Å². The Balaban J connectivity index is 3.21. The van der Waals surface area contributed by atoms with Gasteiger partial charge in [-0.1, -0.05) is 6.92 Å². The van der Waals surface area contributed by atoms with Crippen LogP contribution >= 0.6 is 0 Å². The Labute approximate surface area is 123 Å². The van der Waals surface area contributed by atoms with Crippen molar-refractivity contribution >= 4 is 20.9 Å². The Morgan fingerprint density at radius 2 is 1.70 bits per heavy atom. The normalized spacial score (nSPS) is 17.6. The molecule has 1 aliphatic rings. The van der Waals surface area contributed by atoms with Gasteiger partial charge >= 0.3 is 8.97 Å². The van der Waals surface area contributed by atoms with E-state index in [0.717, 1.165) is 25.1 Å². The molecule has 0 fully saturated rings. The molecule has 1 aliphatic heterocycles. The van der Waals surface area contributed by atoms with E-state index < -0.39 is 8.97 Å². The molecule has 5 nitrogen and oxygen atoms in total. The second-order valence-corrected chi connectivity index (χ2v) is 6.77. The van der Waals surface area contributed by atoms with Gasteiger partial charge in [-0.3, -0.25) is 4.99 Å². The summed E-state index contributed by atoms with van der Waals surface area (Å²) in [5.41, 5.74) is 1.16. The minimum absolute atomic E-state index is 0.581.